The molecule has 2 rings (SSSR count). The SMILES string of the molecule is Ic1ccc(C2CCCCN2)cc1.O=C(O)C(=O)O. The lowest BCUT2D eigenvalue weighted by molar-refractivity contribution is -0.159. The summed E-state index contributed by atoms with van der Waals surface area (Å²) in [6.45, 7) is 1.18. The average Bonchev–Trinajstić information content (AvgIpc) is 2.41. The summed E-state index contributed by atoms with van der Waals surface area (Å²) in [5.74, 6) is -3.65. The molecule has 0 amide bonds. The zero-order valence-corrected chi connectivity index (χ0v) is 12.5. The highest BCUT2D eigenvalue weighted by Crippen LogP contribution is 2.23. The largest absolute Gasteiger partial charge is 0.473 e. The van der Waals surface area contributed by atoms with E-state index >= 15 is 0 Å². The molecule has 1 saturated heterocycles. The van der Waals surface area contributed by atoms with Crippen LogP contribution >= 0.6 is 22.6 Å². The van der Waals surface area contributed by atoms with Gasteiger partial charge in [0.05, 0.1) is 0 Å². The molecule has 1 fully saturated rings. The number of hydrogen-bond donors (Lipinski definition) is 3. The van der Waals surface area contributed by atoms with E-state index in [9.17, 15) is 0 Å². The Morgan fingerprint density at radius 1 is 1.11 bits per heavy atom. The second-order valence-electron chi connectivity index (χ2n) is 4.16. The van der Waals surface area contributed by atoms with Gasteiger partial charge in [0.25, 0.3) is 0 Å². The Kier molecular flexibility index (Phi) is 6.79. The molecule has 1 heterocycles. The molecule has 0 saturated carbocycles. The van der Waals surface area contributed by atoms with Crippen LogP contribution in [0.3, 0.4) is 0 Å². The fraction of sp³-hybridized carbons (Fsp3) is 0.385. The maximum atomic E-state index is 9.10. The number of carboxylic acids is 2. The van der Waals surface area contributed by atoms with Crippen LogP contribution in [0, 0.1) is 3.57 Å². The monoisotopic (exact) mass is 377 g/mol. The Labute approximate surface area is 125 Å². The first-order valence-corrected chi connectivity index (χ1v) is 7.03. The Morgan fingerprint density at radius 3 is 2.11 bits per heavy atom. The van der Waals surface area contributed by atoms with Crippen LogP contribution in [0.4, 0.5) is 0 Å². The number of rotatable bonds is 1. The van der Waals surface area contributed by atoms with Crippen molar-refractivity contribution in [1.82, 2.24) is 5.32 Å². The first kappa shape index (κ1) is 15.9. The molecular weight excluding hydrogens is 361 g/mol. The number of aliphatic carboxylic acids is 2. The molecule has 104 valence electrons. The first-order chi connectivity index (χ1) is 9.00. The normalized spacial score (nSPS) is 18.1. The number of halogens is 1. The third kappa shape index (κ3) is 6.02. The lowest BCUT2D eigenvalue weighted by Crippen LogP contribution is -2.26. The standard InChI is InChI=1S/C11H14IN.C2H2O4/c12-10-6-4-9(5-7-10)11-3-1-2-8-13-11;3-1(4)2(5)6/h4-7,11,13H,1-3,8H2;(H,3,4)(H,5,6). The van der Waals surface area contributed by atoms with Gasteiger partial charge in [0.1, 0.15) is 0 Å². The minimum Gasteiger partial charge on any atom is -0.473 e. The van der Waals surface area contributed by atoms with E-state index in [-0.39, 0.29) is 0 Å². The van der Waals surface area contributed by atoms with Crippen LogP contribution in [0.15, 0.2) is 24.3 Å². The van der Waals surface area contributed by atoms with Crippen LogP contribution in [-0.2, 0) is 9.59 Å². The van der Waals surface area contributed by atoms with Crippen molar-refractivity contribution in [2.45, 2.75) is 25.3 Å². The Morgan fingerprint density at radius 2 is 1.68 bits per heavy atom. The van der Waals surface area contributed by atoms with Gasteiger partial charge in [-0.15, -0.1) is 0 Å². The molecule has 0 aliphatic carbocycles. The van der Waals surface area contributed by atoms with E-state index in [1.54, 1.807) is 0 Å². The summed E-state index contributed by atoms with van der Waals surface area (Å²) in [4.78, 5) is 18.2. The van der Waals surface area contributed by atoms with E-state index in [1.165, 1.54) is 34.9 Å². The van der Waals surface area contributed by atoms with E-state index in [1.807, 2.05) is 0 Å². The molecule has 1 unspecified atom stereocenters. The van der Waals surface area contributed by atoms with Crippen LogP contribution < -0.4 is 5.32 Å². The number of piperidine rings is 1. The van der Waals surface area contributed by atoms with Gasteiger partial charge in [-0.3, -0.25) is 0 Å². The maximum absolute atomic E-state index is 9.10. The van der Waals surface area contributed by atoms with Gasteiger partial charge in [-0.25, -0.2) is 9.59 Å². The van der Waals surface area contributed by atoms with Crippen LogP contribution in [0.2, 0.25) is 0 Å². The molecule has 1 aromatic rings. The van der Waals surface area contributed by atoms with Crippen LogP contribution in [0.25, 0.3) is 0 Å². The number of nitrogens with one attached hydrogen (secondary N) is 1. The second-order valence-corrected chi connectivity index (χ2v) is 5.41. The first-order valence-electron chi connectivity index (χ1n) is 5.95. The summed E-state index contributed by atoms with van der Waals surface area (Å²) >= 11 is 2.35. The molecular formula is C13H16INO4. The molecule has 0 radical (unpaired) electrons. The molecule has 5 nitrogen and oxygen atoms in total. The molecule has 0 aromatic heterocycles. The van der Waals surface area contributed by atoms with E-state index in [0.29, 0.717) is 6.04 Å². The topological polar surface area (TPSA) is 86.6 Å². The third-order valence-electron chi connectivity index (χ3n) is 2.77. The minimum atomic E-state index is -1.82. The fourth-order valence-electron chi connectivity index (χ4n) is 1.83. The fourth-order valence-corrected chi connectivity index (χ4v) is 2.19. The van der Waals surface area contributed by atoms with Crippen molar-refractivity contribution in [3.05, 3.63) is 33.4 Å². The molecule has 0 bridgehead atoms. The number of carboxylic acid groups (broad SMARTS) is 2. The van der Waals surface area contributed by atoms with Gasteiger partial charge in [0.2, 0.25) is 0 Å². The highest BCUT2D eigenvalue weighted by Gasteiger charge is 2.13. The van der Waals surface area contributed by atoms with Crippen molar-refractivity contribution in [2.75, 3.05) is 6.54 Å². The highest BCUT2D eigenvalue weighted by molar-refractivity contribution is 14.1. The van der Waals surface area contributed by atoms with Gasteiger partial charge >= 0.3 is 11.9 Å². The number of benzene rings is 1. The number of carbonyl (C=O) groups is 2. The van der Waals surface area contributed by atoms with Gasteiger partial charge in [0, 0.05) is 9.61 Å². The molecule has 6 heteroatoms. The van der Waals surface area contributed by atoms with Gasteiger partial charge < -0.3 is 15.5 Å². The van der Waals surface area contributed by atoms with Crippen molar-refractivity contribution in [3.63, 3.8) is 0 Å². The van der Waals surface area contributed by atoms with Crippen molar-refractivity contribution in [2.24, 2.45) is 0 Å². The van der Waals surface area contributed by atoms with E-state index in [0.717, 1.165) is 0 Å². The second kappa shape index (κ2) is 8.11. The molecule has 1 atom stereocenters. The molecule has 0 spiro atoms. The highest BCUT2D eigenvalue weighted by atomic mass is 127. The zero-order chi connectivity index (χ0) is 14.3. The van der Waals surface area contributed by atoms with Crippen LogP contribution in [-0.4, -0.2) is 28.7 Å². The van der Waals surface area contributed by atoms with Crippen molar-refractivity contribution in [1.29, 1.82) is 0 Å². The van der Waals surface area contributed by atoms with Gasteiger partial charge in [0.15, 0.2) is 0 Å². The predicted octanol–water partition coefficient (Wildman–Crippen LogP) is 2.26. The van der Waals surface area contributed by atoms with E-state index in [2.05, 4.69) is 52.2 Å². The summed E-state index contributed by atoms with van der Waals surface area (Å²) in [7, 11) is 0. The Hall–Kier alpha value is -1.15. The molecule has 19 heavy (non-hydrogen) atoms. The van der Waals surface area contributed by atoms with E-state index < -0.39 is 11.9 Å². The molecule has 1 aromatic carbocycles. The quantitative estimate of drug-likeness (QED) is 0.516. The molecule has 1 aliphatic heterocycles. The summed E-state index contributed by atoms with van der Waals surface area (Å²) in [5, 5.41) is 18.3. The zero-order valence-electron chi connectivity index (χ0n) is 10.3. The average molecular weight is 377 g/mol. The Balaban J connectivity index is 0.000000258. The molecule has 1 aliphatic rings. The minimum absolute atomic E-state index is 0.603. The lowest BCUT2D eigenvalue weighted by atomic mass is 9.98. The maximum Gasteiger partial charge on any atom is 0.414 e. The third-order valence-corrected chi connectivity index (χ3v) is 3.48. The predicted molar refractivity (Wildman–Crippen MR) is 79.0 cm³/mol. The summed E-state index contributed by atoms with van der Waals surface area (Å²) in [6, 6.07) is 9.46. The smallest absolute Gasteiger partial charge is 0.414 e. The van der Waals surface area contributed by atoms with Gasteiger partial charge in [-0.2, -0.15) is 0 Å². The van der Waals surface area contributed by atoms with Gasteiger partial charge in [-0.05, 0) is 59.7 Å². The summed E-state index contributed by atoms with van der Waals surface area (Å²) < 4.78 is 1.32. The van der Waals surface area contributed by atoms with Crippen molar-refractivity contribution < 1.29 is 19.8 Å². The summed E-state index contributed by atoms with van der Waals surface area (Å²) in [6.07, 6.45) is 3.99. The molecule has 3 N–H and O–H groups in total. The lowest BCUT2D eigenvalue weighted by Gasteiger charge is -2.23. The van der Waals surface area contributed by atoms with Crippen LogP contribution in [0.5, 0.6) is 0 Å². The summed E-state index contributed by atoms with van der Waals surface area (Å²) in [5.41, 5.74) is 1.44. The Bertz CT molecular complexity index is 415. The number of hydrogen-bond acceptors (Lipinski definition) is 3. The van der Waals surface area contributed by atoms with Crippen molar-refractivity contribution >= 4 is 34.5 Å². The van der Waals surface area contributed by atoms with Crippen LogP contribution in [0.1, 0.15) is 30.9 Å². The van der Waals surface area contributed by atoms with E-state index in [4.69, 9.17) is 19.8 Å². The van der Waals surface area contributed by atoms with Gasteiger partial charge in [-0.1, -0.05) is 18.6 Å². The van der Waals surface area contributed by atoms with Crippen molar-refractivity contribution in [3.8, 4) is 0 Å².